The number of ether oxygens (including phenoxy) is 5. The summed E-state index contributed by atoms with van der Waals surface area (Å²) in [7, 11) is 3.15. The van der Waals surface area contributed by atoms with Crippen molar-refractivity contribution in [2.45, 2.75) is 33.1 Å². The lowest BCUT2D eigenvalue weighted by Crippen LogP contribution is -2.38. The lowest BCUT2D eigenvalue weighted by atomic mass is 9.97. The quantitative estimate of drug-likeness (QED) is 0.215. The van der Waals surface area contributed by atoms with Crippen LogP contribution in [0.4, 0.5) is 10.5 Å². The molecule has 0 aliphatic carbocycles. The van der Waals surface area contributed by atoms with Gasteiger partial charge in [0.1, 0.15) is 29.5 Å². The first-order valence-corrected chi connectivity index (χ1v) is 13.1. The van der Waals surface area contributed by atoms with Crippen LogP contribution < -0.4 is 23.8 Å². The Hall–Kier alpha value is -3.62. The number of amides is 1. The maximum absolute atomic E-state index is 13.1. The van der Waals surface area contributed by atoms with Crippen molar-refractivity contribution in [3.63, 3.8) is 0 Å². The molecule has 0 bridgehead atoms. The van der Waals surface area contributed by atoms with Crippen molar-refractivity contribution >= 4 is 41.0 Å². The highest BCUT2D eigenvalue weighted by Crippen LogP contribution is 2.41. The van der Waals surface area contributed by atoms with E-state index in [0.29, 0.717) is 11.5 Å². The highest BCUT2D eigenvalue weighted by atomic mass is 35.5. The Morgan fingerprint density at radius 3 is 2.05 bits per heavy atom. The van der Waals surface area contributed by atoms with E-state index in [1.54, 1.807) is 44.4 Å². The van der Waals surface area contributed by atoms with E-state index in [-0.39, 0.29) is 39.8 Å². The van der Waals surface area contributed by atoms with E-state index in [1.165, 1.54) is 19.2 Å². The first kappa shape index (κ1) is 29.9. The summed E-state index contributed by atoms with van der Waals surface area (Å²) in [6, 6.07) is 14.8. The van der Waals surface area contributed by atoms with Gasteiger partial charge >= 0.3 is 12.1 Å². The number of esters is 1. The molecule has 0 N–H and O–H groups in total. The van der Waals surface area contributed by atoms with Crippen LogP contribution in [0.1, 0.15) is 38.7 Å². The third-order valence-electron chi connectivity index (χ3n) is 5.94. The molecule has 3 aromatic carbocycles. The molecular formula is C29H31Cl2NO7. The van der Waals surface area contributed by atoms with Gasteiger partial charge in [0.2, 0.25) is 0 Å². The van der Waals surface area contributed by atoms with Crippen LogP contribution in [-0.2, 0) is 9.53 Å². The van der Waals surface area contributed by atoms with E-state index in [4.69, 9.17) is 46.9 Å². The summed E-state index contributed by atoms with van der Waals surface area (Å²) in [5.41, 5.74) is 1.21. The zero-order chi connectivity index (χ0) is 28.5. The molecule has 3 rings (SSSR count). The molecule has 8 nitrogen and oxygen atoms in total. The molecule has 0 aromatic heterocycles. The molecule has 1 amide bonds. The van der Waals surface area contributed by atoms with Crippen molar-refractivity contribution in [3.05, 3.63) is 70.2 Å². The third-order valence-corrected chi connectivity index (χ3v) is 6.50. The standard InChI is InChI=1S/C29H31Cl2NO7/c1-6-18(3)23-16-22(12-13-26(23)36-5)38-28-24(30)14-19(15-25(28)31)32(17-27(33)37-7-2)29(34)39-21-10-8-20(35-4)9-11-21/h8-16,18H,6-7,17H2,1-5H3. The molecule has 0 saturated heterocycles. The maximum atomic E-state index is 13.1. The number of halogens is 2. The maximum Gasteiger partial charge on any atom is 0.420 e. The molecular weight excluding hydrogens is 545 g/mol. The van der Waals surface area contributed by atoms with E-state index >= 15 is 0 Å². The molecule has 3 aromatic rings. The lowest BCUT2D eigenvalue weighted by Gasteiger charge is -2.23. The second-order valence-corrected chi connectivity index (χ2v) is 9.30. The second kappa shape index (κ2) is 14.0. The summed E-state index contributed by atoms with van der Waals surface area (Å²) < 4.78 is 27.2. The molecule has 1 atom stereocenters. The van der Waals surface area contributed by atoms with Crippen LogP contribution in [-0.4, -0.2) is 39.4 Å². The summed E-state index contributed by atoms with van der Waals surface area (Å²) in [5, 5.41) is 0.258. The molecule has 0 aliphatic rings. The Morgan fingerprint density at radius 1 is 0.872 bits per heavy atom. The zero-order valence-electron chi connectivity index (χ0n) is 22.5. The van der Waals surface area contributed by atoms with Crippen molar-refractivity contribution in [2.24, 2.45) is 0 Å². The highest BCUT2D eigenvalue weighted by Gasteiger charge is 2.25. The fourth-order valence-electron chi connectivity index (χ4n) is 3.70. The van der Waals surface area contributed by atoms with Gasteiger partial charge in [-0.05, 0) is 73.9 Å². The molecule has 0 heterocycles. The molecule has 208 valence electrons. The van der Waals surface area contributed by atoms with Crippen molar-refractivity contribution in [2.75, 3.05) is 32.3 Å². The van der Waals surface area contributed by atoms with Crippen LogP contribution in [0.2, 0.25) is 10.0 Å². The minimum Gasteiger partial charge on any atom is -0.497 e. The molecule has 39 heavy (non-hydrogen) atoms. The topological polar surface area (TPSA) is 83.5 Å². The van der Waals surface area contributed by atoms with Crippen molar-refractivity contribution in [3.8, 4) is 28.7 Å². The summed E-state index contributed by atoms with van der Waals surface area (Å²) in [5.74, 6) is 1.93. The van der Waals surface area contributed by atoms with Gasteiger partial charge < -0.3 is 23.7 Å². The Balaban J connectivity index is 1.92. The summed E-state index contributed by atoms with van der Waals surface area (Å²) >= 11 is 13.1. The summed E-state index contributed by atoms with van der Waals surface area (Å²) in [6.45, 7) is 5.58. The van der Waals surface area contributed by atoms with Crippen LogP contribution in [0.5, 0.6) is 28.7 Å². The van der Waals surface area contributed by atoms with Gasteiger partial charge in [0.25, 0.3) is 0 Å². The van der Waals surface area contributed by atoms with Crippen LogP contribution in [0, 0.1) is 0 Å². The second-order valence-electron chi connectivity index (χ2n) is 8.49. The molecule has 0 saturated carbocycles. The smallest absolute Gasteiger partial charge is 0.420 e. The first-order chi connectivity index (χ1) is 18.7. The Labute approximate surface area is 238 Å². The number of anilines is 1. The molecule has 0 fully saturated rings. The Bertz CT molecular complexity index is 1270. The van der Waals surface area contributed by atoms with Gasteiger partial charge in [0.05, 0.1) is 36.6 Å². The fraction of sp³-hybridized carbons (Fsp3) is 0.310. The van der Waals surface area contributed by atoms with E-state index in [0.717, 1.165) is 22.6 Å². The number of methoxy groups -OCH3 is 2. The van der Waals surface area contributed by atoms with Gasteiger partial charge in [-0.2, -0.15) is 0 Å². The van der Waals surface area contributed by atoms with Gasteiger partial charge in [-0.3, -0.25) is 9.69 Å². The van der Waals surface area contributed by atoms with Gasteiger partial charge in [-0.1, -0.05) is 37.0 Å². The normalized spacial score (nSPS) is 11.4. The van der Waals surface area contributed by atoms with Gasteiger partial charge in [-0.25, -0.2) is 4.79 Å². The van der Waals surface area contributed by atoms with Crippen LogP contribution in [0.15, 0.2) is 54.6 Å². The summed E-state index contributed by atoms with van der Waals surface area (Å²) in [4.78, 5) is 26.5. The fourth-order valence-corrected chi connectivity index (χ4v) is 4.25. The van der Waals surface area contributed by atoms with E-state index in [9.17, 15) is 9.59 Å². The third kappa shape index (κ3) is 7.71. The highest BCUT2D eigenvalue weighted by molar-refractivity contribution is 6.37. The van der Waals surface area contributed by atoms with Crippen LogP contribution >= 0.6 is 23.2 Å². The van der Waals surface area contributed by atoms with Crippen LogP contribution in [0.25, 0.3) is 0 Å². The Kier molecular flexibility index (Phi) is 10.7. The zero-order valence-corrected chi connectivity index (χ0v) is 24.0. The lowest BCUT2D eigenvalue weighted by molar-refractivity contribution is -0.141. The van der Waals surface area contributed by atoms with Gasteiger partial charge in [-0.15, -0.1) is 0 Å². The monoisotopic (exact) mass is 575 g/mol. The predicted octanol–water partition coefficient (Wildman–Crippen LogP) is 7.88. The minimum atomic E-state index is -0.831. The molecule has 10 heteroatoms. The predicted molar refractivity (Wildman–Crippen MR) is 151 cm³/mol. The SMILES string of the molecule is CCOC(=O)CN(C(=O)Oc1ccc(OC)cc1)c1cc(Cl)c(Oc2ccc(OC)c(C(C)CC)c2)c(Cl)c1. The molecule has 0 spiro atoms. The number of hydrogen-bond acceptors (Lipinski definition) is 7. The number of benzene rings is 3. The number of rotatable bonds is 11. The summed E-state index contributed by atoms with van der Waals surface area (Å²) in [6.07, 6.45) is 0.0845. The van der Waals surface area contributed by atoms with E-state index in [1.807, 2.05) is 12.1 Å². The van der Waals surface area contributed by atoms with E-state index < -0.39 is 18.6 Å². The van der Waals surface area contributed by atoms with Gasteiger partial charge in [0.15, 0.2) is 5.75 Å². The first-order valence-electron chi connectivity index (χ1n) is 12.3. The number of carbonyl (C=O) groups is 2. The minimum absolute atomic E-state index is 0.129. The van der Waals surface area contributed by atoms with E-state index in [2.05, 4.69) is 13.8 Å². The number of carbonyl (C=O) groups excluding carboxylic acids is 2. The number of hydrogen-bond donors (Lipinski definition) is 0. The van der Waals surface area contributed by atoms with Crippen molar-refractivity contribution in [1.82, 2.24) is 0 Å². The van der Waals surface area contributed by atoms with Gasteiger partial charge in [0, 0.05) is 5.56 Å². The largest absolute Gasteiger partial charge is 0.497 e. The average Bonchev–Trinajstić information content (AvgIpc) is 2.93. The molecule has 1 unspecified atom stereocenters. The van der Waals surface area contributed by atoms with Crippen molar-refractivity contribution in [1.29, 1.82) is 0 Å². The van der Waals surface area contributed by atoms with Crippen molar-refractivity contribution < 1.29 is 33.3 Å². The Morgan fingerprint density at radius 2 is 1.49 bits per heavy atom. The average molecular weight is 576 g/mol. The molecule has 0 aliphatic heterocycles. The van der Waals surface area contributed by atoms with Crippen LogP contribution in [0.3, 0.4) is 0 Å². The number of nitrogens with zero attached hydrogens (tertiary/aromatic N) is 1. The molecule has 0 radical (unpaired) electrons.